The molecule has 0 saturated carbocycles. The third kappa shape index (κ3) is 5.27. The second-order valence-electron chi connectivity index (χ2n) is 3.27. The zero-order chi connectivity index (χ0) is 12.5. The Bertz CT molecular complexity index is 315. The first-order valence-electron chi connectivity index (χ1n) is 5.28. The van der Waals surface area contributed by atoms with E-state index in [2.05, 4.69) is 0 Å². The van der Waals surface area contributed by atoms with E-state index in [1.165, 1.54) is 11.3 Å². The highest BCUT2D eigenvalue weighted by Crippen LogP contribution is 2.17. The van der Waals surface area contributed by atoms with E-state index in [1.54, 1.807) is 7.11 Å². The summed E-state index contributed by atoms with van der Waals surface area (Å²) in [6.45, 7) is 1.58. The van der Waals surface area contributed by atoms with Gasteiger partial charge in [0.2, 0.25) is 0 Å². The smallest absolute Gasteiger partial charge is 0.328 e. The molecule has 2 N–H and O–H groups in total. The zero-order valence-corrected chi connectivity index (χ0v) is 10.6. The largest absolute Gasteiger partial charge is 0.462 e. The topological polar surface area (TPSA) is 70.8 Å². The van der Waals surface area contributed by atoms with Crippen molar-refractivity contribution in [3.8, 4) is 0 Å². The number of rotatable bonds is 8. The molecule has 0 amide bonds. The van der Waals surface area contributed by atoms with E-state index in [-0.39, 0.29) is 6.61 Å². The van der Waals surface area contributed by atoms with Crippen molar-refractivity contribution in [2.24, 2.45) is 5.73 Å². The van der Waals surface area contributed by atoms with E-state index in [9.17, 15) is 4.79 Å². The average Bonchev–Trinajstić information content (AvgIpc) is 2.86. The fourth-order valence-electron chi connectivity index (χ4n) is 1.12. The second kappa shape index (κ2) is 8.19. The van der Waals surface area contributed by atoms with Gasteiger partial charge in [-0.15, -0.1) is 11.3 Å². The van der Waals surface area contributed by atoms with Crippen LogP contribution in [0.1, 0.15) is 10.9 Å². The van der Waals surface area contributed by atoms with Gasteiger partial charge in [0.1, 0.15) is 12.6 Å². The molecule has 1 rings (SSSR count). The average molecular weight is 259 g/mol. The highest BCUT2D eigenvalue weighted by atomic mass is 32.1. The third-order valence-corrected chi connectivity index (χ3v) is 2.96. The zero-order valence-electron chi connectivity index (χ0n) is 9.76. The Kier molecular flexibility index (Phi) is 6.80. The van der Waals surface area contributed by atoms with Gasteiger partial charge in [-0.1, -0.05) is 6.07 Å². The van der Waals surface area contributed by atoms with Crippen LogP contribution in [0.4, 0.5) is 0 Å². The van der Waals surface area contributed by atoms with Gasteiger partial charge < -0.3 is 19.9 Å². The molecule has 0 radical (unpaired) electrons. The summed E-state index contributed by atoms with van der Waals surface area (Å²) >= 11 is 1.44. The van der Waals surface area contributed by atoms with E-state index in [1.807, 2.05) is 17.5 Å². The summed E-state index contributed by atoms with van der Waals surface area (Å²) in [6.07, 6.45) is 0. The Morgan fingerprint density at radius 1 is 1.41 bits per heavy atom. The van der Waals surface area contributed by atoms with Gasteiger partial charge in [0, 0.05) is 12.0 Å². The van der Waals surface area contributed by atoms with Gasteiger partial charge in [-0.2, -0.15) is 0 Å². The summed E-state index contributed by atoms with van der Waals surface area (Å²) in [6, 6.07) is 2.96. The Morgan fingerprint density at radius 2 is 2.18 bits per heavy atom. The minimum Gasteiger partial charge on any atom is -0.462 e. The Balaban J connectivity index is 2.13. The highest BCUT2D eigenvalue weighted by molar-refractivity contribution is 7.10. The minimum atomic E-state index is -0.700. The lowest BCUT2D eigenvalue weighted by Crippen LogP contribution is -2.24. The van der Waals surface area contributed by atoms with Crippen LogP contribution < -0.4 is 5.73 Å². The maximum atomic E-state index is 11.5. The molecule has 1 unspecified atom stereocenters. The van der Waals surface area contributed by atoms with Crippen molar-refractivity contribution in [1.82, 2.24) is 0 Å². The lowest BCUT2D eigenvalue weighted by molar-refractivity contribution is -0.147. The number of esters is 1. The fourth-order valence-corrected chi connectivity index (χ4v) is 1.83. The molecule has 17 heavy (non-hydrogen) atoms. The van der Waals surface area contributed by atoms with Crippen LogP contribution in [0.25, 0.3) is 0 Å². The first kappa shape index (κ1) is 14.1. The molecule has 5 nitrogen and oxygen atoms in total. The predicted molar refractivity (Wildman–Crippen MR) is 64.9 cm³/mol. The van der Waals surface area contributed by atoms with Crippen molar-refractivity contribution in [2.75, 3.05) is 33.5 Å². The molecule has 0 aliphatic heterocycles. The number of hydrogen-bond donors (Lipinski definition) is 1. The van der Waals surface area contributed by atoms with Crippen molar-refractivity contribution in [2.45, 2.75) is 6.04 Å². The molecule has 0 aliphatic rings. The SMILES string of the molecule is COCCOCCOC(=O)C(N)c1cccs1. The van der Waals surface area contributed by atoms with E-state index in [0.29, 0.717) is 19.8 Å². The van der Waals surface area contributed by atoms with Crippen molar-refractivity contribution >= 4 is 17.3 Å². The van der Waals surface area contributed by atoms with Gasteiger partial charge in [-0.05, 0) is 11.4 Å². The summed E-state index contributed by atoms with van der Waals surface area (Å²) < 4.78 is 14.9. The molecule has 0 spiro atoms. The molecule has 1 heterocycles. The van der Waals surface area contributed by atoms with E-state index >= 15 is 0 Å². The van der Waals surface area contributed by atoms with Crippen LogP contribution >= 0.6 is 11.3 Å². The molecular weight excluding hydrogens is 242 g/mol. The van der Waals surface area contributed by atoms with Crippen molar-refractivity contribution in [1.29, 1.82) is 0 Å². The summed E-state index contributed by atoms with van der Waals surface area (Å²) in [7, 11) is 1.60. The van der Waals surface area contributed by atoms with E-state index in [0.717, 1.165) is 4.88 Å². The minimum absolute atomic E-state index is 0.210. The predicted octanol–water partition coefficient (Wildman–Crippen LogP) is 0.954. The van der Waals surface area contributed by atoms with Gasteiger partial charge in [-0.3, -0.25) is 0 Å². The maximum absolute atomic E-state index is 11.5. The molecule has 0 aliphatic carbocycles. The number of carbonyl (C=O) groups excluding carboxylic acids is 1. The van der Waals surface area contributed by atoms with Crippen LogP contribution in [0.3, 0.4) is 0 Å². The molecule has 96 valence electrons. The molecule has 1 atom stereocenters. The Morgan fingerprint density at radius 3 is 2.82 bits per heavy atom. The molecule has 0 saturated heterocycles. The second-order valence-corrected chi connectivity index (χ2v) is 4.25. The first-order chi connectivity index (χ1) is 8.25. The van der Waals surface area contributed by atoms with Crippen LogP contribution in [0, 0.1) is 0 Å². The highest BCUT2D eigenvalue weighted by Gasteiger charge is 2.17. The normalized spacial score (nSPS) is 12.4. The molecule has 6 heteroatoms. The third-order valence-electron chi connectivity index (χ3n) is 2.01. The molecule has 0 bridgehead atoms. The molecule has 1 aromatic heterocycles. The Hall–Kier alpha value is -0.950. The van der Waals surface area contributed by atoms with Gasteiger partial charge in [0.25, 0.3) is 0 Å². The molecule has 1 aromatic rings. The van der Waals surface area contributed by atoms with Gasteiger partial charge in [0.05, 0.1) is 19.8 Å². The summed E-state index contributed by atoms with van der Waals surface area (Å²) in [4.78, 5) is 12.3. The number of nitrogens with two attached hydrogens (primary N) is 1. The number of thiophene rings is 1. The van der Waals surface area contributed by atoms with Crippen LogP contribution in [-0.2, 0) is 19.0 Å². The molecule has 0 aromatic carbocycles. The Labute approximate surface area is 104 Å². The number of ether oxygens (including phenoxy) is 3. The monoisotopic (exact) mass is 259 g/mol. The van der Waals surface area contributed by atoms with Crippen LogP contribution in [0.15, 0.2) is 17.5 Å². The quantitative estimate of drug-likeness (QED) is 0.556. The van der Waals surface area contributed by atoms with Crippen LogP contribution in [0.2, 0.25) is 0 Å². The van der Waals surface area contributed by atoms with Crippen LogP contribution in [-0.4, -0.2) is 39.5 Å². The lowest BCUT2D eigenvalue weighted by atomic mass is 10.2. The van der Waals surface area contributed by atoms with E-state index < -0.39 is 12.0 Å². The number of carbonyl (C=O) groups is 1. The van der Waals surface area contributed by atoms with E-state index in [4.69, 9.17) is 19.9 Å². The lowest BCUT2D eigenvalue weighted by Gasteiger charge is -2.10. The molecule has 0 fully saturated rings. The van der Waals surface area contributed by atoms with Crippen molar-refractivity contribution in [3.05, 3.63) is 22.4 Å². The van der Waals surface area contributed by atoms with Gasteiger partial charge >= 0.3 is 5.97 Å². The van der Waals surface area contributed by atoms with Crippen molar-refractivity contribution < 1.29 is 19.0 Å². The first-order valence-corrected chi connectivity index (χ1v) is 6.16. The molecular formula is C11H17NO4S. The van der Waals surface area contributed by atoms with Crippen LogP contribution in [0.5, 0.6) is 0 Å². The number of methoxy groups -OCH3 is 1. The fraction of sp³-hybridized carbons (Fsp3) is 0.545. The van der Waals surface area contributed by atoms with Gasteiger partial charge in [0.15, 0.2) is 0 Å². The number of hydrogen-bond acceptors (Lipinski definition) is 6. The summed E-state index contributed by atoms with van der Waals surface area (Å²) in [5.74, 6) is -0.428. The summed E-state index contributed by atoms with van der Waals surface area (Å²) in [5, 5.41) is 1.87. The van der Waals surface area contributed by atoms with Gasteiger partial charge in [-0.25, -0.2) is 4.79 Å². The summed E-state index contributed by atoms with van der Waals surface area (Å²) in [5.41, 5.74) is 5.72. The standard InChI is InChI=1S/C11H17NO4S/c1-14-4-5-15-6-7-16-11(13)10(12)9-3-2-8-17-9/h2-3,8,10H,4-7,12H2,1H3. The maximum Gasteiger partial charge on any atom is 0.328 e. The van der Waals surface area contributed by atoms with Crippen molar-refractivity contribution in [3.63, 3.8) is 0 Å².